The van der Waals surface area contributed by atoms with Crippen LogP contribution in [0.1, 0.15) is 37.9 Å². The maximum atomic E-state index is 13.7. The molecule has 0 unspecified atom stereocenters. The van der Waals surface area contributed by atoms with Gasteiger partial charge in [0, 0.05) is 6.92 Å². The minimum Gasteiger partial charge on any atom is -0.490 e. The molecular weight excluding hydrogens is 492 g/mol. The Kier molecular flexibility index (Phi) is 7.83. The Morgan fingerprint density at radius 3 is 2.41 bits per heavy atom. The van der Waals surface area contributed by atoms with Crippen LogP contribution in [0.3, 0.4) is 0 Å². The standard InChI is InChI=1S/C28H26N2O6S/c1-5-15-35-21-13-9-20(10-14-21)25-24(27(33)34-6-2)17(3)29-28-30(25)26(32)23(37-28)16-19-7-11-22(12-8-19)36-18(4)31/h5,7-14,16,25H,1,6,15H2,2-4H3/b23-16-/t25-/m1/s1. The van der Waals surface area contributed by atoms with Crippen LogP contribution < -0.4 is 24.4 Å². The van der Waals surface area contributed by atoms with E-state index < -0.39 is 18.0 Å². The zero-order chi connectivity index (χ0) is 26.5. The Morgan fingerprint density at radius 1 is 1.11 bits per heavy atom. The van der Waals surface area contributed by atoms with Gasteiger partial charge in [0.05, 0.1) is 28.5 Å². The summed E-state index contributed by atoms with van der Waals surface area (Å²) in [7, 11) is 0. The van der Waals surface area contributed by atoms with E-state index in [2.05, 4.69) is 11.6 Å². The summed E-state index contributed by atoms with van der Waals surface area (Å²) in [6.45, 7) is 9.02. The summed E-state index contributed by atoms with van der Waals surface area (Å²) in [6, 6.07) is 13.3. The molecule has 0 N–H and O–H groups in total. The van der Waals surface area contributed by atoms with Gasteiger partial charge in [0.15, 0.2) is 4.80 Å². The van der Waals surface area contributed by atoms with Gasteiger partial charge in [-0.3, -0.25) is 14.2 Å². The number of rotatable bonds is 8. The van der Waals surface area contributed by atoms with E-state index in [9.17, 15) is 14.4 Å². The summed E-state index contributed by atoms with van der Waals surface area (Å²) in [5, 5.41) is 0. The van der Waals surface area contributed by atoms with Crippen molar-refractivity contribution in [3.05, 3.63) is 103 Å². The van der Waals surface area contributed by atoms with Crippen LogP contribution in [0.25, 0.3) is 6.08 Å². The number of allylic oxidation sites excluding steroid dienone is 1. The Bertz CT molecular complexity index is 1550. The molecular formula is C28H26N2O6S. The zero-order valence-corrected chi connectivity index (χ0v) is 21.5. The highest BCUT2D eigenvalue weighted by molar-refractivity contribution is 7.07. The van der Waals surface area contributed by atoms with Gasteiger partial charge >= 0.3 is 11.9 Å². The lowest BCUT2D eigenvalue weighted by Gasteiger charge is -2.24. The largest absolute Gasteiger partial charge is 0.490 e. The fourth-order valence-electron chi connectivity index (χ4n) is 3.96. The normalized spacial score (nSPS) is 15.0. The van der Waals surface area contributed by atoms with Gasteiger partial charge in [-0.25, -0.2) is 9.79 Å². The molecule has 0 bridgehead atoms. The summed E-state index contributed by atoms with van der Waals surface area (Å²) in [5.41, 5.74) is 2.00. The van der Waals surface area contributed by atoms with Gasteiger partial charge in [-0.15, -0.1) is 0 Å². The molecule has 2 aromatic carbocycles. The molecule has 8 nitrogen and oxygen atoms in total. The van der Waals surface area contributed by atoms with E-state index in [1.807, 2.05) is 12.1 Å². The Balaban J connectivity index is 1.82. The smallest absolute Gasteiger partial charge is 0.338 e. The SMILES string of the molecule is C=CCOc1ccc([C@@H]2C(C(=O)OCC)=C(C)N=c3s/c(=C\c4ccc(OC(C)=O)cc4)c(=O)n32)cc1. The molecule has 1 aliphatic heterocycles. The summed E-state index contributed by atoms with van der Waals surface area (Å²) in [5.74, 6) is 0.137. The van der Waals surface area contributed by atoms with Crippen LogP contribution >= 0.6 is 11.3 Å². The van der Waals surface area contributed by atoms with Crippen molar-refractivity contribution in [2.75, 3.05) is 13.2 Å². The molecule has 0 saturated carbocycles. The van der Waals surface area contributed by atoms with Gasteiger partial charge in [-0.05, 0) is 55.3 Å². The molecule has 0 aliphatic carbocycles. The minimum atomic E-state index is -0.711. The Morgan fingerprint density at radius 2 is 1.78 bits per heavy atom. The number of carbonyl (C=O) groups is 2. The summed E-state index contributed by atoms with van der Waals surface area (Å²) < 4.78 is 18.0. The van der Waals surface area contributed by atoms with E-state index in [-0.39, 0.29) is 12.2 Å². The van der Waals surface area contributed by atoms with Crippen LogP contribution in [0.5, 0.6) is 11.5 Å². The van der Waals surface area contributed by atoms with Crippen molar-refractivity contribution in [3.63, 3.8) is 0 Å². The fourth-order valence-corrected chi connectivity index (χ4v) is 5.00. The van der Waals surface area contributed by atoms with E-state index in [1.54, 1.807) is 62.4 Å². The number of fused-ring (bicyclic) bond motifs is 1. The van der Waals surface area contributed by atoms with Crippen LogP contribution in [0.2, 0.25) is 0 Å². The molecule has 37 heavy (non-hydrogen) atoms. The number of benzene rings is 2. The van der Waals surface area contributed by atoms with Crippen molar-refractivity contribution < 1.29 is 23.8 Å². The van der Waals surface area contributed by atoms with Crippen molar-refractivity contribution in [1.82, 2.24) is 4.57 Å². The topological polar surface area (TPSA) is 96.2 Å². The molecule has 0 amide bonds. The number of thiazole rings is 1. The molecule has 190 valence electrons. The van der Waals surface area contributed by atoms with E-state index in [0.29, 0.717) is 38.7 Å². The Hall–Kier alpha value is -4.24. The lowest BCUT2D eigenvalue weighted by atomic mass is 9.96. The average Bonchev–Trinajstić information content (AvgIpc) is 3.17. The predicted octanol–water partition coefficient (Wildman–Crippen LogP) is 3.29. The molecule has 0 saturated heterocycles. The van der Waals surface area contributed by atoms with Crippen molar-refractivity contribution in [3.8, 4) is 11.5 Å². The Labute approximate surface area is 217 Å². The first-order valence-electron chi connectivity index (χ1n) is 11.6. The van der Waals surface area contributed by atoms with E-state index in [1.165, 1.54) is 22.8 Å². The number of hydrogen-bond acceptors (Lipinski definition) is 8. The van der Waals surface area contributed by atoms with E-state index >= 15 is 0 Å². The molecule has 1 atom stereocenters. The third-order valence-corrected chi connectivity index (χ3v) is 6.50. The van der Waals surface area contributed by atoms with Gasteiger partial charge in [0.2, 0.25) is 0 Å². The van der Waals surface area contributed by atoms with Gasteiger partial charge in [0.1, 0.15) is 18.1 Å². The third-order valence-electron chi connectivity index (χ3n) is 5.52. The average molecular weight is 519 g/mol. The molecule has 4 rings (SSSR count). The highest BCUT2D eigenvalue weighted by atomic mass is 32.1. The number of carbonyl (C=O) groups excluding carboxylic acids is 2. The molecule has 9 heteroatoms. The fraction of sp³-hybridized carbons (Fsp3) is 0.214. The van der Waals surface area contributed by atoms with Crippen LogP contribution in [0.4, 0.5) is 0 Å². The van der Waals surface area contributed by atoms with Crippen molar-refractivity contribution in [2.24, 2.45) is 4.99 Å². The molecule has 3 aromatic rings. The first-order valence-corrected chi connectivity index (χ1v) is 12.5. The second-order valence-corrected chi connectivity index (χ2v) is 9.14. The van der Waals surface area contributed by atoms with Gasteiger partial charge in [-0.2, -0.15) is 0 Å². The predicted molar refractivity (Wildman–Crippen MR) is 140 cm³/mol. The number of ether oxygens (including phenoxy) is 3. The first kappa shape index (κ1) is 25.8. The highest BCUT2D eigenvalue weighted by Crippen LogP contribution is 2.31. The summed E-state index contributed by atoms with van der Waals surface area (Å²) in [6.07, 6.45) is 3.40. The van der Waals surface area contributed by atoms with E-state index in [4.69, 9.17) is 14.2 Å². The first-order chi connectivity index (χ1) is 17.8. The summed E-state index contributed by atoms with van der Waals surface area (Å²) in [4.78, 5) is 42.9. The zero-order valence-electron chi connectivity index (χ0n) is 20.7. The molecule has 2 heterocycles. The van der Waals surface area contributed by atoms with Crippen LogP contribution in [0.15, 0.2) is 82.2 Å². The monoisotopic (exact) mass is 518 g/mol. The van der Waals surface area contributed by atoms with Gasteiger partial charge in [-0.1, -0.05) is 48.3 Å². The number of nitrogens with zero attached hydrogens (tertiary/aromatic N) is 2. The van der Waals surface area contributed by atoms with Crippen LogP contribution in [0, 0.1) is 0 Å². The summed E-state index contributed by atoms with van der Waals surface area (Å²) >= 11 is 1.24. The van der Waals surface area contributed by atoms with Crippen LogP contribution in [-0.4, -0.2) is 29.7 Å². The van der Waals surface area contributed by atoms with Crippen molar-refractivity contribution in [2.45, 2.75) is 26.8 Å². The number of esters is 2. The molecule has 0 fully saturated rings. The second kappa shape index (κ2) is 11.2. The number of hydrogen-bond donors (Lipinski definition) is 0. The minimum absolute atomic E-state index is 0.199. The molecule has 1 aliphatic rings. The highest BCUT2D eigenvalue weighted by Gasteiger charge is 2.33. The maximum absolute atomic E-state index is 13.7. The second-order valence-electron chi connectivity index (χ2n) is 8.13. The quantitative estimate of drug-likeness (QED) is 0.258. The third kappa shape index (κ3) is 5.62. The van der Waals surface area contributed by atoms with Crippen molar-refractivity contribution >= 4 is 29.4 Å². The molecule has 0 radical (unpaired) electrons. The van der Waals surface area contributed by atoms with Crippen LogP contribution in [-0.2, 0) is 14.3 Å². The maximum Gasteiger partial charge on any atom is 0.338 e. The lowest BCUT2D eigenvalue weighted by Crippen LogP contribution is -2.39. The van der Waals surface area contributed by atoms with Gasteiger partial charge < -0.3 is 14.2 Å². The van der Waals surface area contributed by atoms with E-state index in [0.717, 1.165) is 11.1 Å². The van der Waals surface area contributed by atoms with Crippen molar-refractivity contribution in [1.29, 1.82) is 0 Å². The van der Waals surface area contributed by atoms with Gasteiger partial charge in [0.25, 0.3) is 5.56 Å². The lowest BCUT2D eigenvalue weighted by molar-refractivity contribution is -0.139. The molecule has 0 spiro atoms. The number of aromatic nitrogens is 1. The molecule has 1 aromatic heterocycles.